The Morgan fingerprint density at radius 3 is 2.83 bits per heavy atom. The van der Waals surface area contributed by atoms with Gasteiger partial charge in [-0.15, -0.1) is 0 Å². The molecule has 1 amide bonds. The fourth-order valence-corrected chi connectivity index (χ4v) is 2.50. The zero-order chi connectivity index (χ0) is 16.1. The lowest BCUT2D eigenvalue weighted by Gasteiger charge is -2.26. The van der Waals surface area contributed by atoms with Crippen molar-refractivity contribution in [3.8, 4) is 17.6 Å². The second kappa shape index (κ2) is 6.84. The van der Waals surface area contributed by atoms with E-state index in [0.29, 0.717) is 17.9 Å². The third-order valence-electron chi connectivity index (χ3n) is 3.65. The van der Waals surface area contributed by atoms with Crippen LogP contribution >= 0.6 is 0 Å². The molecule has 0 bridgehead atoms. The van der Waals surface area contributed by atoms with Crippen LogP contribution in [0.4, 0.5) is 0 Å². The highest BCUT2D eigenvalue weighted by molar-refractivity contribution is 5.78. The lowest BCUT2D eigenvalue weighted by atomic mass is 10.0. The quantitative estimate of drug-likeness (QED) is 0.942. The Labute approximate surface area is 134 Å². The van der Waals surface area contributed by atoms with Crippen LogP contribution < -0.4 is 14.8 Å². The maximum absolute atomic E-state index is 12.1. The van der Waals surface area contributed by atoms with E-state index in [1.807, 2.05) is 30.3 Å². The molecular formula is C18H16N2O3. The molecule has 2 aromatic carbocycles. The summed E-state index contributed by atoms with van der Waals surface area (Å²) >= 11 is 0. The van der Waals surface area contributed by atoms with Gasteiger partial charge in [0.1, 0.15) is 11.5 Å². The maximum atomic E-state index is 12.1. The Kier molecular flexibility index (Phi) is 4.44. The summed E-state index contributed by atoms with van der Waals surface area (Å²) < 4.78 is 11.0. The van der Waals surface area contributed by atoms with Gasteiger partial charge < -0.3 is 14.8 Å². The van der Waals surface area contributed by atoms with Crippen molar-refractivity contribution in [2.24, 2.45) is 0 Å². The van der Waals surface area contributed by atoms with Crippen LogP contribution in [0, 0.1) is 11.3 Å². The lowest BCUT2D eigenvalue weighted by Crippen LogP contribution is -2.35. The molecule has 5 heteroatoms. The van der Waals surface area contributed by atoms with Crippen LogP contribution in [0.1, 0.15) is 23.6 Å². The van der Waals surface area contributed by atoms with E-state index >= 15 is 0 Å². The second-order valence-electron chi connectivity index (χ2n) is 5.22. The summed E-state index contributed by atoms with van der Waals surface area (Å²) in [5, 5.41) is 11.7. The van der Waals surface area contributed by atoms with Crippen molar-refractivity contribution < 1.29 is 14.3 Å². The largest absolute Gasteiger partial charge is 0.493 e. The van der Waals surface area contributed by atoms with Crippen LogP contribution in [-0.2, 0) is 4.79 Å². The van der Waals surface area contributed by atoms with Gasteiger partial charge in [-0.05, 0) is 30.3 Å². The summed E-state index contributed by atoms with van der Waals surface area (Å²) in [5.74, 6) is 1.19. The van der Waals surface area contributed by atoms with Crippen molar-refractivity contribution in [3.63, 3.8) is 0 Å². The smallest absolute Gasteiger partial charge is 0.258 e. The Bertz CT molecular complexity index is 735. The molecule has 1 heterocycles. The number of rotatable bonds is 4. The van der Waals surface area contributed by atoms with E-state index in [1.165, 1.54) is 0 Å². The minimum absolute atomic E-state index is 0.0583. The summed E-state index contributed by atoms with van der Waals surface area (Å²) in [6, 6.07) is 16.3. The highest BCUT2D eigenvalue weighted by Gasteiger charge is 2.22. The van der Waals surface area contributed by atoms with Crippen molar-refractivity contribution in [1.82, 2.24) is 5.32 Å². The molecule has 1 N–H and O–H groups in total. The first-order valence-corrected chi connectivity index (χ1v) is 7.40. The van der Waals surface area contributed by atoms with Crippen LogP contribution in [0.2, 0.25) is 0 Å². The van der Waals surface area contributed by atoms with Crippen molar-refractivity contribution in [1.29, 1.82) is 5.26 Å². The first-order chi connectivity index (χ1) is 11.3. The number of carbonyl (C=O) groups excluding carboxylic acids is 1. The average molecular weight is 308 g/mol. The third kappa shape index (κ3) is 3.61. The molecule has 2 aromatic rings. The van der Waals surface area contributed by atoms with Crippen molar-refractivity contribution in [2.45, 2.75) is 12.5 Å². The summed E-state index contributed by atoms with van der Waals surface area (Å²) in [6.45, 7) is 0.518. The van der Waals surface area contributed by atoms with Gasteiger partial charge in [-0.1, -0.05) is 18.2 Å². The average Bonchev–Trinajstić information content (AvgIpc) is 2.61. The minimum Gasteiger partial charge on any atom is -0.493 e. The fraction of sp³-hybridized carbons (Fsp3) is 0.222. The molecule has 0 spiro atoms. The molecule has 1 unspecified atom stereocenters. The molecule has 0 radical (unpaired) electrons. The minimum atomic E-state index is -0.184. The molecule has 23 heavy (non-hydrogen) atoms. The number of nitrogens with one attached hydrogen (secondary N) is 1. The molecule has 0 aliphatic carbocycles. The van der Waals surface area contributed by atoms with E-state index < -0.39 is 0 Å². The number of carbonyl (C=O) groups is 1. The van der Waals surface area contributed by atoms with E-state index in [2.05, 4.69) is 5.32 Å². The zero-order valence-corrected chi connectivity index (χ0v) is 12.5. The van der Waals surface area contributed by atoms with Crippen LogP contribution in [0.3, 0.4) is 0 Å². The van der Waals surface area contributed by atoms with Gasteiger partial charge in [0, 0.05) is 12.0 Å². The van der Waals surface area contributed by atoms with Crippen molar-refractivity contribution in [3.05, 3.63) is 59.7 Å². The molecule has 0 saturated carbocycles. The first-order valence-electron chi connectivity index (χ1n) is 7.40. The molecule has 116 valence electrons. The van der Waals surface area contributed by atoms with Crippen LogP contribution in [-0.4, -0.2) is 19.1 Å². The number of amides is 1. The van der Waals surface area contributed by atoms with Gasteiger partial charge in [0.05, 0.1) is 24.3 Å². The predicted octanol–water partition coefficient (Wildman–Crippen LogP) is 2.58. The molecule has 5 nitrogen and oxygen atoms in total. The summed E-state index contributed by atoms with van der Waals surface area (Å²) in [4.78, 5) is 12.1. The Morgan fingerprint density at radius 1 is 1.26 bits per heavy atom. The van der Waals surface area contributed by atoms with Crippen molar-refractivity contribution >= 4 is 5.91 Å². The molecule has 0 saturated heterocycles. The van der Waals surface area contributed by atoms with E-state index in [1.54, 1.807) is 24.3 Å². The standard InChI is InChI=1S/C18H16N2O3/c19-11-13-5-7-14(8-6-13)23-12-18(21)20-16-9-10-22-17-4-2-1-3-15(16)17/h1-8,16H,9-10,12H2,(H,20,21). The summed E-state index contributed by atoms with van der Waals surface area (Å²) in [5.41, 5.74) is 1.55. The van der Waals surface area contributed by atoms with Crippen LogP contribution in [0.15, 0.2) is 48.5 Å². The molecule has 1 atom stereocenters. The molecule has 0 fully saturated rings. The third-order valence-corrected chi connectivity index (χ3v) is 3.65. The monoisotopic (exact) mass is 308 g/mol. The van der Waals surface area contributed by atoms with Gasteiger partial charge in [-0.2, -0.15) is 5.26 Å². The van der Waals surface area contributed by atoms with Crippen molar-refractivity contribution in [2.75, 3.05) is 13.2 Å². The Morgan fingerprint density at radius 2 is 2.04 bits per heavy atom. The zero-order valence-electron chi connectivity index (χ0n) is 12.5. The van der Waals surface area contributed by atoms with Gasteiger partial charge in [0.25, 0.3) is 5.91 Å². The Balaban J connectivity index is 1.57. The lowest BCUT2D eigenvalue weighted by molar-refractivity contribution is -0.124. The van der Waals surface area contributed by atoms with Gasteiger partial charge in [-0.3, -0.25) is 4.79 Å². The highest BCUT2D eigenvalue weighted by atomic mass is 16.5. The van der Waals surface area contributed by atoms with E-state index in [9.17, 15) is 4.79 Å². The molecule has 1 aliphatic heterocycles. The number of ether oxygens (including phenoxy) is 2. The first kappa shape index (κ1) is 14.9. The Hall–Kier alpha value is -3.00. The highest BCUT2D eigenvalue weighted by Crippen LogP contribution is 2.31. The van der Waals surface area contributed by atoms with E-state index in [4.69, 9.17) is 14.7 Å². The SMILES string of the molecule is N#Cc1ccc(OCC(=O)NC2CCOc3ccccc32)cc1. The summed E-state index contributed by atoms with van der Waals surface area (Å²) in [7, 11) is 0. The normalized spacial score (nSPS) is 15.7. The number of benzene rings is 2. The number of hydrogen-bond acceptors (Lipinski definition) is 4. The topological polar surface area (TPSA) is 71.3 Å². The van der Waals surface area contributed by atoms with Crippen LogP contribution in [0.25, 0.3) is 0 Å². The second-order valence-corrected chi connectivity index (χ2v) is 5.22. The fourth-order valence-electron chi connectivity index (χ4n) is 2.50. The maximum Gasteiger partial charge on any atom is 0.258 e. The molecule has 1 aliphatic rings. The van der Waals surface area contributed by atoms with E-state index in [-0.39, 0.29) is 18.6 Å². The summed E-state index contributed by atoms with van der Waals surface area (Å²) in [6.07, 6.45) is 0.736. The molecule has 3 rings (SSSR count). The number of hydrogen-bond donors (Lipinski definition) is 1. The molecule has 0 aromatic heterocycles. The van der Waals surface area contributed by atoms with Gasteiger partial charge >= 0.3 is 0 Å². The van der Waals surface area contributed by atoms with Gasteiger partial charge in [-0.25, -0.2) is 0 Å². The van der Waals surface area contributed by atoms with E-state index in [0.717, 1.165) is 17.7 Å². The van der Waals surface area contributed by atoms with Gasteiger partial charge in [0.2, 0.25) is 0 Å². The number of nitrogens with zero attached hydrogens (tertiary/aromatic N) is 1. The molecular weight excluding hydrogens is 292 g/mol. The van der Waals surface area contributed by atoms with Gasteiger partial charge in [0.15, 0.2) is 6.61 Å². The predicted molar refractivity (Wildman–Crippen MR) is 84.1 cm³/mol. The number of para-hydroxylation sites is 1. The van der Waals surface area contributed by atoms with Crippen LogP contribution in [0.5, 0.6) is 11.5 Å². The number of nitriles is 1. The number of fused-ring (bicyclic) bond motifs is 1.